The number of nitrogens with one attached hydrogen (secondary N) is 1. The Kier molecular flexibility index (Phi) is 5.64. The van der Waals surface area contributed by atoms with Crippen LogP contribution in [-0.2, 0) is 0 Å². The summed E-state index contributed by atoms with van der Waals surface area (Å²) in [5.74, 6) is 0.659. The predicted octanol–water partition coefficient (Wildman–Crippen LogP) is 2.81. The summed E-state index contributed by atoms with van der Waals surface area (Å²) in [5.41, 5.74) is 1.27. The first kappa shape index (κ1) is 18.5. The molecular formula is C19H20ClFN2O3. The summed E-state index contributed by atoms with van der Waals surface area (Å²) in [5, 5.41) is 3.28. The van der Waals surface area contributed by atoms with E-state index >= 15 is 0 Å². The van der Waals surface area contributed by atoms with Crippen LogP contribution in [0.5, 0.6) is 11.5 Å². The molecule has 138 valence electrons. The van der Waals surface area contributed by atoms with E-state index in [2.05, 4.69) is 5.32 Å². The second kappa shape index (κ2) is 7.93. The highest BCUT2D eigenvalue weighted by Crippen LogP contribution is 2.35. The molecule has 7 heteroatoms. The van der Waals surface area contributed by atoms with Crippen molar-refractivity contribution in [3.05, 3.63) is 59.4 Å². The lowest BCUT2D eigenvalue weighted by Gasteiger charge is -2.37. The molecule has 0 saturated carbocycles. The van der Waals surface area contributed by atoms with Gasteiger partial charge in [-0.15, -0.1) is 12.4 Å². The van der Waals surface area contributed by atoms with Crippen LogP contribution in [0.1, 0.15) is 22.0 Å². The molecule has 0 bridgehead atoms. The Hall–Kier alpha value is -2.31. The SMILES string of the molecule is Cl.O=C(c1cccc2c1OCCO2)N1CCNCC1c1cccc(F)c1. The topological polar surface area (TPSA) is 50.8 Å². The van der Waals surface area contributed by atoms with Crippen LogP contribution in [0.4, 0.5) is 4.39 Å². The van der Waals surface area contributed by atoms with Gasteiger partial charge < -0.3 is 19.7 Å². The van der Waals surface area contributed by atoms with Crippen molar-refractivity contribution < 1.29 is 18.7 Å². The largest absolute Gasteiger partial charge is 0.486 e. The molecule has 1 saturated heterocycles. The zero-order valence-corrected chi connectivity index (χ0v) is 14.9. The molecule has 2 aromatic rings. The molecule has 0 spiro atoms. The van der Waals surface area contributed by atoms with E-state index in [0.29, 0.717) is 49.9 Å². The standard InChI is InChI=1S/C19H19FN2O3.ClH/c20-14-4-1-3-13(11-14)16-12-21-7-8-22(16)19(23)15-5-2-6-17-18(15)25-10-9-24-17;/h1-6,11,16,21H,7-10,12H2;1H. The Morgan fingerprint density at radius 2 is 1.96 bits per heavy atom. The van der Waals surface area contributed by atoms with Gasteiger partial charge in [-0.1, -0.05) is 18.2 Å². The number of carbonyl (C=O) groups is 1. The van der Waals surface area contributed by atoms with E-state index < -0.39 is 0 Å². The van der Waals surface area contributed by atoms with E-state index in [1.165, 1.54) is 12.1 Å². The number of piperazine rings is 1. The molecule has 1 N–H and O–H groups in total. The molecule has 4 rings (SSSR count). The first-order chi connectivity index (χ1) is 12.2. The third-order valence-corrected chi connectivity index (χ3v) is 4.53. The smallest absolute Gasteiger partial charge is 0.258 e. The number of fused-ring (bicyclic) bond motifs is 1. The number of hydrogen-bond donors (Lipinski definition) is 1. The summed E-state index contributed by atoms with van der Waals surface area (Å²) in [6, 6.07) is 11.5. The fourth-order valence-corrected chi connectivity index (χ4v) is 3.36. The summed E-state index contributed by atoms with van der Waals surface area (Å²) in [4.78, 5) is 15.0. The van der Waals surface area contributed by atoms with Crippen LogP contribution in [0, 0.1) is 5.82 Å². The fourth-order valence-electron chi connectivity index (χ4n) is 3.36. The molecule has 0 aliphatic carbocycles. The van der Waals surface area contributed by atoms with Gasteiger partial charge in [-0.3, -0.25) is 4.79 Å². The van der Waals surface area contributed by atoms with Crippen LogP contribution in [-0.4, -0.2) is 43.7 Å². The Balaban J connectivity index is 0.00000196. The van der Waals surface area contributed by atoms with Gasteiger partial charge in [0.15, 0.2) is 11.5 Å². The number of hydrogen-bond acceptors (Lipinski definition) is 4. The first-order valence-electron chi connectivity index (χ1n) is 8.40. The van der Waals surface area contributed by atoms with Crippen molar-refractivity contribution in [3.8, 4) is 11.5 Å². The number of carbonyl (C=O) groups excluding carboxylic acids is 1. The van der Waals surface area contributed by atoms with Gasteiger partial charge in [0.05, 0.1) is 11.6 Å². The molecular weight excluding hydrogens is 359 g/mol. The average Bonchev–Trinajstić information content (AvgIpc) is 2.67. The maximum atomic E-state index is 13.6. The normalized spacial score (nSPS) is 18.8. The van der Waals surface area contributed by atoms with Crippen molar-refractivity contribution in [2.75, 3.05) is 32.8 Å². The Morgan fingerprint density at radius 3 is 2.81 bits per heavy atom. The van der Waals surface area contributed by atoms with Gasteiger partial charge in [-0.05, 0) is 29.8 Å². The van der Waals surface area contributed by atoms with Gasteiger partial charge in [-0.2, -0.15) is 0 Å². The Bertz CT molecular complexity index is 802. The highest BCUT2D eigenvalue weighted by atomic mass is 35.5. The molecule has 2 aliphatic heterocycles. The van der Waals surface area contributed by atoms with Crippen LogP contribution < -0.4 is 14.8 Å². The monoisotopic (exact) mass is 378 g/mol. The third-order valence-electron chi connectivity index (χ3n) is 4.53. The van der Waals surface area contributed by atoms with Gasteiger partial charge in [0.1, 0.15) is 19.0 Å². The molecule has 5 nitrogen and oxygen atoms in total. The van der Waals surface area contributed by atoms with Gasteiger partial charge in [0.25, 0.3) is 5.91 Å². The van der Waals surface area contributed by atoms with E-state index in [1.807, 2.05) is 6.07 Å². The fraction of sp³-hybridized carbons (Fsp3) is 0.316. The summed E-state index contributed by atoms with van der Waals surface area (Å²) in [6.45, 7) is 2.73. The first-order valence-corrected chi connectivity index (χ1v) is 8.40. The van der Waals surface area contributed by atoms with Gasteiger partial charge in [0.2, 0.25) is 0 Å². The number of rotatable bonds is 2. The molecule has 2 aromatic carbocycles. The highest BCUT2D eigenvalue weighted by molar-refractivity contribution is 5.98. The van der Waals surface area contributed by atoms with E-state index in [1.54, 1.807) is 29.2 Å². The molecule has 1 amide bonds. The minimum Gasteiger partial charge on any atom is -0.486 e. The van der Waals surface area contributed by atoms with Crippen molar-refractivity contribution in [1.29, 1.82) is 0 Å². The molecule has 2 heterocycles. The zero-order valence-electron chi connectivity index (χ0n) is 14.1. The average molecular weight is 379 g/mol. The number of ether oxygens (including phenoxy) is 2. The summed E-state index contributed by atoms with van der Waals surface area (Å²) < 4.78 is 24.9. The molecule has 26 heavy (non-hydrogen) atoms. The number of para-hydroxylation sites is 1. The van der Waals surface area contributed by atoms with Crippen molar-refractivity contribution in [1.82, 2.24) is 10.2 Å². The predicted molar refractivity (Wildman–Crippen MR) is 97.7 cm³/mol. The Morgan fingerprint density at radius 1 is 1.15 bits per heavy atom. The quantitative estimate of drug-likeness (QED) is 0.873. The molecule has 0 radical (unpaired) electrons. The third kappa shape index (κ3) is 3.48. The van der Waals surface area contributed by atoms with Crippen molar-refractivity contribution >= 4 is 18.3 Å². The van der Waals surface area contributed by atoms with E-state index in [9.17, 15) is 9.18 Å². The van der Waals surface area contributed by atoms with Crippen LogP contribution in [0.2, 0.25) is 0 Å². The van der Waals surface area contributed by atoms with Crippen molar-refractivity contribution in [3.63, 3.8) is 0 Å². The summed E-state index contributed by atoms with van der Waals surface area (Å²) >= 11 is 0. The molecule has 1 fully saturated rings. The minimum absolute atomic E-state index is 0. The maximum absolute atomic E-state index is 13.6. The molecule has 1 atom stereocenters. The van der Waals surface area contributed by atoms with Crippen LogP contribution >= 0.6 is 12.4 Å². The van der Waals surface area contributed by atoms with E-state index in [4.69, 9.17) is 9.47 Å². The number of halogens is 2. The van der Waals surface area contributed by atoms with Gasteiger partial charge in [0, 0.05) is 19.6 Å². The lowest BCUT2D eigenvalue weighted by molar-refractivity contribution is 0.0624. The van der Waals surface area contributed by atoms with E-state index in [0.717, 1.165) is 5.56 Å². The van der Waals surface area contributed by atoms with Crippen molar-refractivity contribution in [2.24, 2.45) is 0 Å². The highest BCUT2D eigenvalue weighted by Gasteiger charge is 2.31. The second-order valence-electron chi connectivity index (χ2n) is 6.10. The lowest BCUT2D eigenvalue weighted by Crippen LogP contribution is -2.48. The lowest BCUT2D eigenvalue weighted by atomic mass is 10.0. The molecule has 0 aromatic heterocycles. The van der Waals surface area contributed by atoms with Crippen LogP contribution in [0.25, 0.3) is 0 Å². The summed E-state index contributed by atoms with van der Waals surface area (Å²) in [6.07, 6.45) is 0. The van der Waals surface area contributed by atoms with Crippen LogP contribution in [0.3, 0.4) is 0 Å². The Labute approximate surface area is 157 Å². The summed E-state index contributed by atoms with van der Waals surface area (Å²) in [7, 11) is 0. The second-order valence-corrected chi connectivity index (χ2v) is 6.10. The van der Waals surface area contributed by atoms with E-state index in [-0.39, 0.29) is 30.2 Å². The number of benzene rings is 2. The molecule has 2 aliphatic rings. The zero-order chi connectivity index (χ0) is 17.2. The maximum Gasteiger partial charge on any atom is 0.258 e. The van der Waals surface area contributed by atoms with Crippen molar-refractivity contribution in [2.45, 2.75) is 6.04 Å². The van der Waals surface area contributed by atoms with Crippen LogP contribution in [0.15, 0.2) is 42.5 Å². The van der Waals surface area contributed by atoms with Gasteiger partial charge in [-0.25, -0.2) is 4.39 Å². The van der Waals surface area contributed by atoms with Gasteiger partial charge >= 0.3 is 0 Å². The molecule has 1 unspecified atom stereocenters. The number of amides is 1. The minimum atomic E-state index is -0.302. The number of nitrogens with zero attached hydrogens (tertiary/aromatic N) is 1.